The zero-order valence-electron chi connectivity index (χ0n) is 12.9. The summed E-state index contributed by atoms with van der Waals surface area (Å²) in [6.07, 6.45) is 1.17. The van der Waals surface area contributed by atoms with Crippen LogP contribution in [0.1, 0.15) is 19.4 Å². The monoisotopic (exact) mass is 326 g/mol. The summed E-state index contributed by atoms with van der Waals surface area (Å²) in [7, 11) is -5.17. The van der Waals surface area contributed by atoms with E-state index in [9.17, 15) is 0 Å². The summed E-state index contributed by atoms with van der Waals surface area (Å²) in [5.41, 5.74) is 1.47. The second kappa shape index (κ2) is 11.2. The molecule has 0 aliphatic heterocycles. The van der Waals surface area contributed by atoms with Crippen molar-refractivity contribution in [2.75, 3.05) is 0 Å². The quantitative estimate of drug-likeness (QED) is 0.329. The molecule has 0 aliphatic carbocycles. The minimum atomic E-state index is -5.17. The predicted octanol–water partition coefficient (Wildman–Crippen LogP) is -3.29. The topological polar surface area (TPSA) is 80.3 Å². The van der Waals surface area contributed by atoms with Gasteiger partial charge in [-0.2, -0.15) is 0 Å². The molecule has 21 heavy (non-hydrogen) atoms. The van der Waals surface area contributed by atoms with E-state index in [2.05, 4.69) is 56.3 Å². The van der Waals surface area contributed by atoms with Crippen molar-refractivity contribution >= 4 is 21.2 Å². The molecule has 0 N–H and O–H groups in total. The van der Waals surface area contributed by atoms with Gasteiger partial charge in [0.25, 0.3) is 0 Å². The Bertz CT molecular complexity index is 629. The minimum absolute atomic E-state index is 0. The Morgan fingerprint density at radius 1 is 0.952 bits per heavy atom. The third-order valence-electron chi connectivity index (χ3n) is 2.51. The van der Waals surface area contributed by atoms with Gasteiger partial charge in [-0.1, -0.05) is 56.3 Å². The van der Waals surface area contributed by atoms with E-state index in [1.807, 2.05) is 0 Å². The first-order chi connectivity index (χ1) is 8.77. The Balaban J connectivity index is 0. The number of fused-ring (bicyclic) bond motifs is 1. The first-order valence-electron chi connectivity index (χ1n) is 5.90. The average Bonchev–Trinajstić information content (AvgIpc) is 2.26. The second-order valence-electron chi connectivity index (χ2n) is 4.64. The van der Waals surface area contributed by atoms with Crippen molar-refractivity contribution in [3.8, 4) is 0 Å². The fraction of sp³-hybridized carbons (Fsp3) is 0.286. The van der Waals surface area contributed by atoms with E-state index >= 15 is 0 Å². The maximum Gasteiger partial charge on any atom is 1.00 e. The van der Waals surface area contributed by atoms with Crippen LogP contribution < -0.4 is 59.1 Å². The maximum absolute atomic E-state index is 8.52. The van der Waals surface area contributed by atoms with Gasteiger partial charge in [0, 0.05) is 10.4 Å². The molecule has 0 radical (unpaired) electrons. The van der Waals surface area contributed by atoms with Crippen LogP contribution in [0.15, 0.2) is 42.5 Å². The molecule has 4 nitrogen and oxygen atoms in total. The van der Waals surface area contributed by atoms with E-state index < -0.39 is 10.4 Å². The molecule has 2 aromatic carbocycles. The zero-order chi connectivity index (χ0) is 14.5. The van der Waals surface area contributed by atoms with Crippen molar-refractivity contribution in [1.29, 1.82) is 0 Å². The van der Waals surface area contributed by atoms with Crippen LogP contribution in [0.4, 0.5) is 0 Å². The van der Waals surface area contributed by atoms with Crippen LogP contribution in [0.2, 0.25) is 0 Å². The van der Waals surface area contributed by atoms with Crippen molar-refractivity contribution in [2.45, 2.75) is 20.3 Å². The van der Waals surface area contributed by atoms with Crippen molar-refractivity contribution in [3.63, 3.8) is 0 Å². The third kappa shape index (κ3) is 10.8. The summed E-state index contributed by atoms with van der Waals surface area (Å²) in [6, 6.07) is 15.2. The number of hydrogen-bond acceptors (Lipinski definition) is 4. The van der Waals surface area contributed by atoms with E-state index in [-0.39, 0.29) is 59.1 Å². The largest absolute Gasteiger partial charge is 1.00 e. The summed E-state index contributed by atoms with van der Waals surface area (Å²) in [5, 5.41) is 2.76. The Kier molecular flexibility index (Phi) is 12.7. The molecular weight excluding hydrogens is 310 g/mol. The van der Waals surface area contributed by atoms with Crippen LogP contribution in [0.25, 0.3) is 10.8 Å². The Morgan fingerprint density at radius 2 is 1.43 bits per heavy atom. The zero-order valence-corrected chi connectivity index (χ0v) is 17.7. The predicted molar refractivity (Wildman–Crippen MR) is 73.0 cm³/mol. The molecule has 104 valence electrons. The van der Waals surface area contributed by atoms with Crippen molar-refractivity contribution < 1.29 is 76.6 Å². The van der Waals surface area contributed by atoms with E-state index in [0.717, 1.165) is 5.92 Å². The fourth-order valence-electron chi connectivity index (χ4n) is 1.91. The maximum atomic E-state index is 8.52. The summed E-state index contributed by atoms with van der Waals surface area (Å²) in [4.78, 5) is 0. The fourth-order valence-corrected chi connectivity index (χ4v) is 1.91. The summed E-state index contributed by atoms with van der Waals surface area (Å²) < 4.78 is 34.1. The van der Waals surface area contributed by atoms with Gasteiger partial charge >= 0.3 is 59.1 Å². The van der Waals surface area contributed by atoms with Crippen LogP contribution in [-0.4, -0.2) is 17.5 Å². The van der Waals surface area contributed by atoms with Gasteiger partial charge in [0.15, 0.2) is 0 Å². The molecule has 7 heteroatoms. The number of rotatable bonds is 2. The van der Waals surface area contributed by atoms with E-state index in [4.69, 9.17) is 17.5 Å². The Labute approximate surface area is 170 Å². The molecule has 0 unspecified atom stereocenters. The van der Waals surface area contributed by atoms with Crippen molar-refractivity contribution in [3.05, 3.63) is 48.0 Å². The molecule has 0 aromatic heterocycles. The Hall–Kier alpha value is 0.570. The van der Waals surface area contributed by atoms with Crippen LogP contribution >= 0.6 is 0 Å². The van der Waals surface area contributed by atoms with Crippen LogP contribution in [0.5, 0.6) is 0 Å². The first-order valence-corrected chi connectivity index (χ1v) is 7.24. The summed E-state index contributed by atoms with van der Waals surface area (Å²) in [5.74, 6) is 0.723. The third-order valence-corrected chi connectivity index (χ3v) is 2.51. The molecule has 0 spiro atoms. The summed E-state index contributed by atoms with van der Waals surface area (Å²) >= 11 is 0. The van der Waals surface area contributed by atoms with Crippen LogP contribution in [0, 0.1) is 5.92 Å². The smallest absolute Gasteiger partial charge is 0.759 e. The van der Waals surface area contributed by atoms with Gasteiger partial charge in [-0.3, -0.25) is 8.42 Å². The van der Waals surface area contributed by atoms with Gasteiger partial charge < -0.3 is 9.11 Å². The molecule has 0 heterocycles. The second-order valence-corrected chi connectivity index (χ2v) is 5.46. The molecule has 0 amide bonds. The van der Waals surface area contributed by atoms with Gasteiger partial charge in [-0.05, 0) is 28.7 Å². The molecule has 2 aromatic rings. The van der Waals surface area contributed by atoms with Gasteiger partial charge in [0.2, 0.25) is 0 Å². The number of hydrogen-bond donors (Lipinski definition) is 0. The SMILES string of the molecule is CC(C)Cc1cccc2ccccc12.O=S(=O)([O-])[O-].[Na+].[Na+]. The molecular formula is C14H16Na2O4S. The van der Waals surface area contributed by atoms with Gasteiger partial charge in [0.05, 0.1) is 0 Å². The Morgan fingerprint density at radius 3 is 1.95 bits per heavy atom. The number of benzene rings is 2. The van der Waals surface area contributed by atoms with Crippen molar-refractivity contribution in [2.24, 2.45) is 5.92 Å². The summed E-state index contributed by atoms with van der Waals surface area (Å²) in [6.45, 7) is 4.53. The van der Waals surface area contributed by atoms with Crippen LogP contribution in [0.3, 0.4) is 0 Å². The first kappa shape index (κ1) is 23.8. The molecule has 0 fully saturated rings. The van der Waals surface area contributed by atoms with Gasteiger partial charge in [-0.25, -0.2) is 0 Å². The molecule has 0 saturated heterocycles. The molecule has 2 rings (SSSR count). The van der Waals surface area contributed by atoms with E-state index in [1.165, 1.54) is 22.8 Å². The molecule has 0 aliphatic rings. The molecule has 0 saturated carbocycles. The standard InChI is InChI=1S/C14H16.2Na.H2O4S/c1-11(2)10-13-8-5-7-12-6-3-4-9-14(12)13;;;1-5(2,3)4/h3-9,11H,10H2,1-2H3;;;(H2,1,2,3,4)/q;2*+1;/p-2. The van der Waals surface area contributed by atoms with Gasteiger partial charge in [-0.15, -0.1) is 0 Å². The molecule has 0 atom stereocenters. The van der Waals surface area contributed by atoms with Gasteiger partial charge in [0.1, 0.15) is 0 Å². The minimum Gasteiger partial charge on any atom is -0.759 e. The molecule has 0 bridgehead atoms. The van der Waals surface area contributed by atoms with Crippen molar-refractivity contribution in [1.82, 2.24) is 0 Å². The normalized spacial score (nSPS) is 10.1. The average molecular weight is 326 g/mol. The van der Waals surface area contributed by atoms with E-state index in [1.54, 1.807) is 0 Å². The van der Waals surface area contributed by atoms with Crippen LogP contribution in [-0.2, 0) is 16.8 Å². The van der Waals surface area contributed by atoms with E-state index in [0.29, 0.717) is 0 Å².